The number of rotatable bonds is 10. The molecule has 1 heterocycles. The number of alkyl halides is 3. The highest BCUT2D eigenvalue weighted by atomic mass is 19.4. The summed E-state index contributed by atoms with van der Waals surface area (Å²) in [4.78, 5) is 27.0. The summed E-state index contributed by atoms with van der Waals surface area (Å²) in [7, 11) is 0. The van der Waals surface area contributed by atoms with Gasteiger partial charge in [-0.05, 0) is 73.2 Å². The highest BCUT2D eigenvalue weighted by molar-refractivity contribution is 6.08. The molecule has 3 aromatic carbocycles. The molecule has 41 heavy (non-hydrogen) atoms. The zero-order valence-electron chi connectivity index (χ0n) is 23.7. The molecule has 0 aliphatic carbocycles. The third kappa shape index (κ3) is 7.45. The van der Waals surface area contributed by atoms with Crippen LogP contribution in [-0.2, 0) is 11.0 Å². The summed E-state index contributed by atoms with van der Waals surface area (Å²) in [5.41, 5.74) is 2.25. The van der Waals surface area contributed by atoms with E-state index in [0.29, 0.717) is 36.4 Å². The van der Waals surface area contributed by atoms with E-state index in [1.165, 1.54) is 12.1 Å². The molecule has 0 radical (unpaired) electrons. The quantitative estimate of drug-likeness (QED) is 0.243. The van der Waals surface area contributed by atoms with Gasteiger partial charge in [-0.2, -0.15) is 13.2 Å². The Bertz CT molecular complexity index is 1300. The van der Waals surface area contributed by atoms with Crippen molar-refractivity contribution in [3.05, 3.63) is 107 Å². The lowest BCUT2D eigenvalue weighted by molar-refractivity contribution is -0.313. The fourth-order valence-electron chi connectivity index (χ4n) is 5.88. The number of hydrogen-bond donors (Lipinski definition) is 0. The average Bonchev–Trinajstić information content (AvgIpc) is 2.97. The van der Waals surface area contributed by atoms with Crippen LogP contribution < -0.4 is 5.11 Å². The first kappa shape index (κ1) is 30.5. The molecule has 0 saturated carbocycles. The Morgan fingerprint density at radius 2 is 1.49 bits per heavy atom. The molecule has 3 aromatic rings. The Morgan fingerprint density at radius 3 is 2.05 bits per heavy atom. The molecule has 218 valence electrons. The van der Waals surface area contributed by atoms with Crippen molar-refractivity contribution in [2.45, 2.75) is 64.7 Å². The van der Waals surface area contributed by atoms with Crippen molar-refractivity contribution >= 4 is 11.8 Å². The Labute approximate surface area is 240 Å². The minimum Gasteiger partial charge on any atom is -0.550 e. The summed E-state index contributed by atoms with van der Waals surface area (Å²) < 4.78 is 39.9. The second-order valence-electron chi connectivity index (χ2n) is 11.6. The third-order valence-electron chi connectivity index (χ3n) is 8.40. The summed E-state index contributed by atoms with van der Waals surface area (Å²) in [6, 6.07) is 21.7. The number of carboxylic acid groups (broad SMARTS) is 1. The first-order valence-corrected chi connectivity index (χ1v) is 14.3. The maximum absolute atomic E-state index is 13.3. The van der Waals surface area contributed by atoms with Crippen molar-refractivity contribution in [1.82, 2.24) is 4.90 Å². The fraction of sp³-hybridized carbons (Fsp3) is 0.412. The molecule has 7 heteroatoms. The Morgan fingerprint density at radius 1 is 0.878 bits per heavy atom. The van der Waals surface area contributed by atoms with Gasteiger partial charge in [-0.3, -0.25) is 9.69 Å². The SMILES string of the molecule is CC(C)CC[C@H](c1ccc(C(=O)c2ccccc2)cc1)N1CC[C@@H](C(C)C(=O)[O-])C[C@H]1c1ccc(C(F)(F)F)cc1. The number of halogens is 3. The molecule has 1 fully saturated rings. The number of hydrogen-bond acceptors (Lipinski definition) is 4. The topological polar surface area (TPSA) is 60.4 Å². The largest absolute Gasteiger partial charge is 0.550 e. The first-order chi connectivity index (χ1) is 19.5. The van der Waals surface area contributed by atoms with E-state index < -0.39 is 23.6 Å². The van der Waals surface area contributed by atoms with Gasteiger partial charge in [0.05, 0.1) is 5.56 Å². The molecule has 1 unspecified atom stereocenters. The molecule has 0 spiro atoms. The predicted octanol–water partition coefficient (Wildman–Crippen LogP) is 7.25. The highest BCUT2D eigenvalue weighted by Crippen LogP contribution is 2.44. The molecule has 0 aromatic heterocycles. The van der Waals surface area contributed by atoms with Crippen molar-refractivity contribution in [2.75, 3.05) is 6.54 Å². The molecule has 0 amide bonds. The molecule has 0 bridgehead atoms. The number of carbonyl (C=O) groups excluding carboxylic acids is 2. The number of benzene rings is 3. The molecule has 1 saturated heterocycles. The zero-order chi connectivity index (χ0) is 29.7. The van der Waals surface area contributed by atoms with Crippen molar-refractivity contribution in [3.8, 4) is 0 Å². The van der Waals surface area contributed by atoms with Crippen LogP contribution in [0.15, 0.2) is 78.9 Å². The van der Waals surface area contributed by atoms with Crippen LogP contribution in [-0.4, -0.2) is 23.2 Å². The molecule has 4 atom stereocenters. The number of nitrogens with zero attached hydrogens (tertiary/aromatic N) is 1. The minimum absolute atomic E-state index is 0.0511. The van der Waals surface area contributed by atoms with Gasteiger partial charge < -0.3 is 9.90 Å². The van der Waals surface area contributed by atoms with Crippen molar-refractivity contribution in [3.63, 3.8) is 0 Å². The molecule has 4 nitrogen and oxygen atoms in total. The standard InChI is InChI=1S/C34H38F3NO3/c1-22(2)9-18-30(24-10-12-27(13-11-24)32(39)26-7-5-4-6-8-26)38-20-19-28(23(3)33(40)41)21-31(38)25-14-16-29(17-15-25)34(35,36)37/h4-8,10-17,22-23,28,30-31H,9,18-21H2,1-3H3,(H,40,41)/p-1/t23?,28-,30-,31+/m1/s1. The van der Waals surface area contributed by atoms with E-state index in [1.54, 1.807) is 19.1 Å². The summed E-state index contributed by atoms with van der Waals surface area (Å²) in [6.07, 6.45) is -1.53. The van der Waals surface area contributed by atoms with Crippen LogP contribution in [0.25, 0.3) is 0 Å². The first-order valence-electron chi connectivity index (χ1n) is 14.3. The highest BCUT2D eigenvalue weighted by Gasteiger charge is 2.37. The molecule has 1 aliphatic heterocycles. The summed E-state index contributed by atoms with van der Waals surface area (Å²) >= 11 is 0. The molecule has 4 rings (SSSR count). The van der Waals surface area contributed by atoms with Crippen LogP contribution in [0.5, 0.6) is 0 Å². The smallest absolute Gasteiger partial charge is 0.416 e. The van der Waals surface area contributed by atoms with E-state index in [2.05, 4.69) is 18.7 Å². The van der Waals surface area contributed by atoms with Crippen molar-refractivity contribution in [1.29, 1.82) is 0 Å². The lowest BCUT2D eigenvalue weighted by Gasteiger charge is -2.46. The molecular formula is C34H37F3NO3-. The van der Waals surface area contributed by atoms with Gasteiger partial charge in [0.25, 0.3) is 0 Å². The number of aliphatic carboxylic acids is 1. The lowest BCUT2D eigenvalue weighted by Crippen LogP contribution is -2.44. The average molecular weight is 565 g/mol. The fourth-order valence-corrected chi connectivity index (χ4v) is 5.88. The van der Waals surface area contributed by atoms with Gasteiger partial charge in [-0.25, -0.2) is 0 Å². The minimum atomic E-state index is -4.43. The van der Waals surface area contributed by atoms with Gasteiger partial charge in [0, 0.05) is 29.2 Å². The van der Waals surface area contributed by atoms with Crippen molar-refractivity contribution in [2.24, 2.45) is 17.8 Å². The normalized spacial score (nSPS) is 19.6. The zero-order valence-corrected chi connectivity index (χ0v) is 23.7. The van der Waals surface area contributed by atoms with E-state index in [1.807, 2.05) is 42.5 Å². The van der Waals surface area contributed by atoms with Gasteiger partial charge in [0.15, 0.2) is 5.78 Å². The summed E-state index contributed by atoms with van der Waals surface area (Å²) in [5.74, 6) is -1.54. The maximum atomic E-state index is 13.3. The van der Waals surface area contributed by atoms with Crippen LogP contribution in [0.2, 0.25) is 0 Å². The van der Waals surface area contributed by atoms with E-state index in [4.69, 9.17) is 0 Å². The second kappa shape index (κ2) is 13.0. The third-order valence-corrected chi connectivity index (χ3v) is 8.40. The summed E-state index contributed by atoms with van der Waals surface area (Å²) in [5, 5.41) is 11.7. The van der Waals surface area contributed by atoms with E-state index >= 15 is 0 Å². The van der Waals surface area contributed by atoms with E-state index in [-0.39, 0.29) is 23.8 Å². The van der Waals surface area contributed by atoms with E-state index in [9.17, 15) is 27.9 Å². The molecular weight excluding hydrogens is 527 g/mol. The van der Waals surface area contributed by atoms with Crippen molar-refractivity contribution < 1.29 is 27.9 Å². The Hall–Kier alpha value is -3.45. The van der Waals surface area contributed by atoms with Crippen LogP contribution in [0.4, 0.5) is 13.2 Å². The van der Waals surface area contributed by atoms with Gasteiger partial charge >= 0.3 is 6.18 Å². The molecule has 1 aliphatic rings. The number of piperidine rings is 1. The monoisotopic (exact) mass is 564 g/mol. The number of ketones is 1. The van der Waals surface area contributed by atoms with Gasteiger partial charge in [-0.1, -0.05) is 87.5 Å². The Kier molecular flexibility index (Phi) is 9.69. The molecule has 0 N–H and O–H groups in total. The van der Waals surface area contributed by atoms with Gasteiger partial charge in [-0.15, -0.1) is 0 Å². The predicted molar refractivity (Wildman–Crippen MR) is 151 cm³/mol. The van der Waals surface area contributed by atoms with Crippen LogP contribution in [0, 0.1) is 17.8 Å². The summed E-state index contributed by atoms with van der Waals surface area (Å²) in [6.45, 7) is 6.55. The number of likely N-dealkylation sites (tertiary alicyclic amines) is 1. The maximum Gasteiger partial charge on any atom is 0.416 e. The van der Waals surface area contributed by atoms with E-state index in [0.717, 1.165) is 36.1 Å². The Balaban J connectivity index is 1.69. The number of carboxylic acids is 1. The second-order valence-corrected chi connectivity index (χ2v) is 11.6. The van der Waals surface area contributed by atoms with Gasteiger partial charge in [0.2, 0.25) is 0 Å². The van der Waals surface area contributed by atoms with Gasteiger partial charge in [0.1, 0.15) is 0 Å². The number of carbonyl (C=O) groups is 2. The van der Waals surface area contributed by atoms with Crippen LogP contribution >= 0.6 is 0 Å². The lowest BCUT2D eigenvalue weighted by atomic mass is 9.78. The van der Waals surface area contributed by atoms with Crippen LogP contribution in [0.3, 0.4) is 0 Å². The van der Waals surface area contributed by atoms with Crippen LogP contribution in [0.1, 0.15) is 91.1 Å².